The van der Waals surface area contributed by atoms with Crippen molar-refractivity contribution in [2.24, 2.45) is 5.92 Å². The Labute approximate surface area is 114 Å². The predicted molar refractivity (Wildman–Crippen MR) is 72.2 cm³/mol. The Bertz CT molecular complexity index is 581. The molecule has 0 unspecified atom stereocenters. The Morgan fingerprint density at radius 2 is 2.26 bits per heavy atom. The summed E-state index contributed by atoms with van der Waals surface area (Å²) in [5.41, 5.74) is 2.85. The minimum absolute atomic E-state index is 0.145. The highest BCUT2D eigenvalue weighted by molar-refractivity contribution is 7.09. The van der Waals surface area contributed by atoms with Gasteiger partial charge in [0.25, 0.3) is 5.69 Å². The lowest BCUT2D eigenvalue weighted by molar-refractivity contribution is -0.384. The largest absolute Gasteiger partial charge is 0.269 e. The Morgan fingerprint density at radius 1 is 1.42 bits per heavy atom. The molecule has 1 atom stereocenters. The number of aromatic nitrogens is 2. The molecule has 0 aliphatic heterocycles. The summed E-state index contributed by atoms with van der Waals surface area (Å²) >= 11 is 1.53. The normalized spacial score (nSPS) is 16.8. The molecule has 0 saturated heterocycles. The lowest BCUT2D eigenvalue weighted by atomic mass is 9.73. The summed E-state index contributed by atoms with van der Waals surface area (Å²) in [6.07, 6.45) is 3.55. The van der Waals surface area contributed by atoms with E-state index in [9.17, 15) is 10.1 Å². The molecule has 98 valence electrons. The maximum atomic E-state index is 10.9. The van der Waals surface area contributed by atoms with Crippen molar-refractivity contribution in [1.82, 2.24) is 10.2 Å². The Balaban J connectivity index is 1.99. The molecule has 1 aliphatic carbocycles. The summed E-state index contributed by atoms with van der Waals surface area (Å²) in [4.78, 5) is 10.6. The van der Waals surface area contributed by atoms with E-state index >= 15 is 0 Å². The fourth-order valence-corrected chi connectivity index (χ4v) is 3.31. The van der Waals surface area contributed by atoms with Crippen molar-refractivity contribution >= 4 is 17.0 Å². The van der Waals surface area contributed by atoms with Crippen LogP contribution in [-0.4, -0.2) is 15.1 Å². The van der Waals surface area contributed by atoms with Gasteiger partial charge < -0.3 is 0 Å². The van der Waals surface area contributed by atoms with E-state index in [1.54, 1.807) is 17.6 Å². The number of hydrogen-bond donors (Lipinski definition) is 0. The summed E-state index contributed by atoms with van der Waals surface area (Å²) in [5.74, 6) is 0.691. The first-order valence-corrected chi connectivity index (χ1v) is 7.14. The Morgan fingerprint density at radius 3 is 2.84 bits per heavy atom. The van der Waals surface area contributed by atoms with E-state index in [4.69, 9.17) is 0 Å². The molecule has 0 spiro atoms. The van der Waals surface area contributed by atoms with Gasteiger partial charge in [-0.3, -0.25) is 10.1 Å². The first-order valence-electron chi connectivity index (χ1n) is 6.26. The quantitative estimate of drug-likeness (QED) is 0.633. The fourth-order valence-electron chi connectivity index (χ4n) is 2.54. The van der Waals surface area contributed by atoms with E-state index in [1.807, 2.05) is 6.07 Å². The molecular formula is C13H13N3O2S. The molecule has 1 aromatic heterocycles. The molecule has 2 aromatic rings. The third-order valence-corrected chi connectivity index (χ3v) is 4.48. The van der Waals surface area contributed by atoms with Crippen LogP contribution in [0.5, 0.6) is 0 Å². The number of hydrogen-bond acceptors (Lipinski definition) is 5. The van der Waals surface area contributed by atoms with Crippen molar-refractivity contribution in [2.45, 2.75) is 25.2 Å². The van der Waals surface area contributed by atoms with Crippen molar-refractivity contribution in [3.63, 3.8) is 0 Å². The van der Waals surface area contributed by atoms with Crippen LogP contribution in [0.1, 0.15) is 35.8 Å². The van der Waals surface area contributed by atoms with Crippen LogP contribution in [-0.2, 0) is 0 Å². The zero-order valence-corrected chi connectivity index (χ0v) is 11.0. The van der Waals surface area contributed by atoms with E-state index in [0.717, 1.165) is 23.4 Å². The van der Waals surface area contributed by atoms with Gasteiger partial charge in [-0.05, 0) is 24.3 Å². The van der Waals surface area contributed by atoms with Gasteiger partial charge in [-0.1, -0.05) is 18.6 Å². The second-order valence-electron chi connectivity index (χ2n) is 4.80. The summed E-state index contributed by atoms with van der Waals surface area (Å²) in [7, 11) is 0. The fraction of sp³-hybridized carbons (Fsp3) is 0.385. The molecule has 5 nitrogen and oxygen atoms in total. The smallest absolute Gasteiger partial charge is 0.258 e. The maximum Gasteiger partial charge on any atom is 0.269 e. The summed E-state index contributed by atoms with van der Waals surface area (Å²) in [6.45, 7) is 0. The predicted octanol–water partition coefficient (Wildman–Crippen LogP) is 3.38. The average molecular weight is 275 g/mol. The van der Waals surface area contributed by atoms with E-state index in [2.05, 4.69) is 10.2 Å². The van der Waals surface area contributed by atoms with Gasteiger partial charge in [0.05, 0.1) is 4.92 Å². The highest BCUT2D eigenvalue weighted by atomic mass is 32.1. The summed E-state index contributed by atoms with van der Waals surface area (Å²) < 4.78 is 0. The minimum Gasteiger partial charge on any atom is -0.258 e. The SMILES string of the molecule is O=[N+]([O-])c1cccc([C@H](c2nncs2)C2CCC2)c1. The van der Waals surface area contributed by atoms with Crippen molar-refractivity contribution < 1.29 is 4.92 Å². The molecule has 1 heterocycles. The number of benzene rings is 1. The van der Waals surface area contributed by atoms with Crippen LogP contribution in [0.2, 0.25) is 0 Å². The minimum atomic E-state index is -0.346. The second-order valence-corrected chi connectivity index (χ2v) is 5.66. The molecule has 0 bridgehead atoms. The molecule has 0 N–H and O–H groups in total. The van der Waals surface area contributed by atoms with Gasteiger partial charge in [-0.2, -0.15) is 0 Å². The zero-order chi connectivity index (χ0) is 13.2. The Kier molecular flexibility index (Phi) is 3.25. The first kappa shape index (κ1) is 12.2. The topological polar surface area (TPSA) is 68.9 Å². The number of nitrogens with zero attached hydrogens (tertiary/aromatic N) is 3. The maximum absolute atomic E-state index is 10.9. The number of rotatable bonds is 4. The van der Waals surface area contributed by atoms with Crippen LogP contribution >= 0.6 is 11.3 Å². The van der Waals surface area contributed by atoms with Gasteiger partial charge in [0.1, 0.15) is 10.5 Å². The third-order valence-electron chi connectivity index (χ3n) is 3.70. The molecule has 19 heavy (non-hydrogen) atoms. The van der Waals surface area contributed by atoms with Gasteiger partial charge in [-0.25, -0.2) is 0 Å². The molecule has 1 aromatic carbocycles. The number of nitro groups is 1. The number of nitro benzene ring substituents is 1. The van der Waals surface area contributed by atoms with E-state index in [-0.39, 0.29) is 16.5 Å². The molecule has 1 aliphatic rings. The second kappa shape index (κ2) is 5.05. The van der Waals surface area contributed by atoms with Crippen LogP contribution in [0, 0.1) is 16.0 Å². The van der Waals surface area contributed by atoms with Crippen molar-refractivity contribution in [3.8, 4) is 0 Å². The molecule has 0 radical (unpaired) electrons. The summed E-state index contributed by atoms with van der Waals surface area (Å²) in [6, 6.07) is 6.91. The van der Waals surface area contributed by atoms with Gasteiger partial charge in [0.2, 0.25) is 0 Å². The lowest BCUT2D eigenvalue weighted by Gasteiger charge is -2.32. The van der Waals surface area contributed by atoms with Gasteiger partial charge in [-0.15, -0.1) is 21.5 Å². The average Bonchev–Trinajstić information content (AvgIpc) is 2.87. The highest BCUT2D eigenvalue weighted by Crippen LogP contribution is 2.44. The van der Waals surface area contributed by atoms with Crippen molar-refractivity contribution in [3.05, 3.63) is 50.5 Å². The summed E-state index contributed by atoms with van der Waals surface area (Å²) in [5, 5.41) is 19.9. The highest BCUT2D eigenvalue weighted by Gasteiger charge is 2.32. The van der Waals surface area contributed by atoms with Gasteiger partial charge in [0, 0.05) is 18.1 Å². The van der Waals surface area contributed by atoms with E-state index in [1.165, 1.54) is 23.8 Å². The lowest BCUT2D eigenvalue weighted by Crippen LogP contribution is -2.21. The standard InChI is InChI=1S/C13H13N3O2S/c17-16(18)11-6-2-5-10(7-11)12(9-3-1-4-9)13-15-14-8-19-13/h2,5-9,12H,1,3-4H2/t12-/m1/s1. The van der Waals surface area contributed by atoms with Crippen LogP contribution in [0.3, 0.4) is 0 Å². The van der Waals surface area contributed by atoms with Crippen molar-refractivity contribution in [2.75, 3.05) is 0 Å². The van der Waals surface area contributed by atoms with Crippen molar-refractivity contribution in [1.29, 1.82) is 0 Å². The van der Waals surface area contributed by atoms with Gasteiger partial charge >= 0.3 is 0 Å². The van der Waals surface area contributed by atoms with E-state index < -0.39 is 0 Å². The zero-order valence-electron chi connectivity index (χ0n) is 10.2. The monoisotopic (exact) mass is 275 g/mol. The molecule has 0 amide bonds. The van der Waals surface area contributed by atoms with Crippen LogP contribution < -0.4 is 0 Å². The molecule has 1 saturated carbocycles. The third kappa shape index (κ3) is 2.35. The van der Waals surface area contributed by atoms with Crippen LogP contribution in [0.4, 0.5) is 5.69 Å². The van der Waals surface area contributed by atoms with Gasteiger partial charge in [0.15, 0.2) is 0 Å². The Hall–Kier alpha value is -1.82. The van der Waals surface area contributed by atoms with Crippen LogP contribution in [0.25, 0.3) is 0 Å². The number of non-ortho nitro benzene ring substituents is 1. The van der Waals surface area contributed by atoms with E-state index in [0.29, 0.717) is 5.92 Å². The molecule has 3 rings (SSSR count). The van der Waals surface area contributed by atoms with Crippen LogP contribution in [0.15, 0.2) is 29.8 Å². The first-order chi connectivity index (χ1) is 9.25. The molecular weight excluding hydrogens is 262 g/mol. The molecule has 6 heteroatoms. The molecule has 1 fully saturated rings.